The van der Waals surface area contributed by atoms with Crippen molar-refractivity contribution in [2.45, 2.75) is 27.7 Å². The predicted molar refractivity (Wildman–Crippen MR) is 81.9 cm³/mol. The lowest BCUT2D eigenvalue weighted by molar-refractivity contribution is -0.515. The van der Waals surface area contributed by atoms with Crippen molar-refractivity contribution in [3.63, 3.8) is 0 Å². The minimum Gasteiger partial charge on any atom is -0.154 e. The van der Waals surface area contributed by atoms with Gasteiger partial charge in [-0.15, -0.1) is 0 Å². The molecule has 0 N–H and O–H groups in total. The second kappa shape index (κ2) is 4.46. The van der Waals surface area contributed by atoms with Crippen molar-refractivity contribution in [2.24, 2.45) is 0 Å². The maximum Gasteiger partial charge on any atom is 0.268 e. The summed E-state index contributed by atoms with van der Waals surface area (Å²) in [5.74, 6) is 0. The second-order valence-electron chi connectivity index (χ2n) is 5.19. The molecule has 3 aromatic rings. The number of aryl methyl sites for hydroxylation is 4. The van der Waals surface area contributed by atoms with Crippen molar-refractivity contribution in [2.75, 3.05) is 0 Å². The molecule has 0 amide bonds. The maximum atomic E-state index is 2.31. The van der Waals surface area contributed by atoms with Crippen molar-refractivity contribution < 1.29 is 4.40 Å². The highest BCUT2D eigenvalue weighted by atomic mass is 32.1. The van der Waals surface area contributed by atoms with E-state index in [9.17, 15) is 0 Å². The monoisotopic (exact) mass is 268 g/mol. The number of hydrogen-bond acceptors (Lipinski definition) is 1. The zero-order chi connectivity index (χ0) is 13.6. The fourth-order valence-corrected chi connectivity index (χ4v) is 3.44. The average Bonchev–Trinajstić information content (AvgIpc) is 2.66. The van der Waals surface area contributed by atoms with E-state index in [1.807, 2.05) is 11.3 Å². The first kappa shape index (κ1) is 12.4. The molecule has 0 unspecified atom stereocenters. The predicted octanol–water partition coefficient (Wildman–Crippen LogP) is 4.39. The molecule has 1 nitrogen and oxygen atoms in total. The van der Waals surface area contributed by atoms with E-state index in [0.717, 1.165) is 0 Å². The van der Waals surface area contributed by atoms with Gasteiger partial charge in [-0.1, -0.05) is 41.2 Å². The fourth-order valence-electron chi connectivity index (χ4n) is 2.42. The van der Waals surface area contributed by atoms with Gasteiger partial charge < -0.3 is 0 Å². The van der Waals surface area contributed by atoms with Gasteiger partial charge in [-0.3, -0.25) is 0 Å². The number of aromatic nitrogens is 1. The van der Waals surface area contributed by atoms with Crippen LogP contribution in [0, 0.1) is 27.7 Å². The Morgan fingerprint density at radius 2 is 1.63 bits per heavy atom. The maximum absolute atomic E-state index is 2.31. The van der Waals surface area contributed by atoms with Gasteiger partial charge in [-0.05, 0) is 31.9 Å². The Labute approximate surface area is 118 Å². The van der Waals surface area contributed by atoms with Crippen LogP contribution in [0.25, 0.3) is 16.0 Å². The quantitative estimate of drug-likeness (QED) is 0.576. The molecule has 1 aromatic carbocycles. The number of hydrogen-bond donors (Lipinski definition) is 0. The summed E-state index contributed by atoms with van der Waals surface area (Å²) in [4.78, 5) is 2.71. The average molecular weight is 268 g/mol. The van der Waals surface area contributed by atoms with Crippen LogP contribution in [0.2, 0.25) is 0 Å². The third-order valence-corrected chi connectivity index (χ3v) is 4.87. The smallest absolute Gasteiger partial charge is 0.154 e. The van der Waals surface area contributed by atoms with E-state index in [0.29, 0.717) is 0 Å². The summed E-state index contributed by atoms with van der Waals surface area (Å²) in [7, 11) is 0. The zero-order valence-corrected chi connectivity index (χ0v) is 12.6. The first-order chi connectivity index (χ1) is 9.06. The van der Waals surface area contributed by atoms with Crippen molar-refractivity contribution in [1.29, 1.82) is 0 Å². The number of thiazole rings is 1. The number of benzene rings is 1. The summed E-state index contributed by atoms with van der Waals surface area (Å²) in [6.07, 6.45) is 2.25. The summed E-state index contributed by atoms with van der Waals surface area (Å²) in [6, 6.07) is 11.1. The molecule has 0 atom stereocenters. The number of fused-ring (bicyclic) bond motifs is 1. The van der Waals surface area contributed by atoms with E-state index in [1.54, 1.807) is 0 Å². The summed E-state index contributed by atoms with van der Waals surface area (Å²) < 4.78 is 2.30. The van der Waals surface area contributed by atoms with Gasteiger partial charge in [0, 0.05) is 18.6 Å². The van der Waals surface area contributed by atoms with Crippen LogP contribution in [-0.2, 0) is 0 Å². The van der Waals surface area contributed by atoms with Gasteiger partial charge in [0.2, 0.25) is 0 Å². The highest BCUT2D eigenvalue weighted by Crippen LogP contribution is 2.26. The lowest BCUT2D eigenvalue weighted by atomic mass is 10.0. The molecular formula is C17H18NS+. The molecule has 2 aromatic heterocycles. The first-order valence-electron chi connectivity index (χ1n) is 6.55. The van der Waals surface area contributed by atoms with Gasteiger partial charge in [-0.25, -0.2) is 0 Å². The van der Waals surface area contributed by atoms with Crippen LogP contribution in [0.3, 0.4) is 0 Å². The van der Waals surface area contributed by atoms with Crippen LogP contribution in [-0.4, -0.2) is 0 Å². The van der Waals surface area contributed by atoms with Gasteiger partial charge >= 0.3 is 0 Å². The highest BCUT2D eigenvalue weighted by molar-refractivity contribution is 7.16. The van der Waals surface area contributed by atoms with Crippen LogP contribution < -0.4 is 4.40 Å². The molecule has 0 spiro atoms. The molecular weight excluding hydrogens is 250 g/mol. The van der Waals surface area contributed by atoms with E-state index >= 15 is 0 Å². The molecule has 0 aliphatic heterocycles. The van der Waals surface area contributed by atoms with E-state index in [4.69, 9.17) is 0 Å². The second-order valence-corrected chi connectivity index (χ2v) is 6.42. The van der Waals surface area contributed by atoms with Gasteiger partial charge in [0.1, 0.15) is 0 Å². The van der Waals surface area contributed by atoms with Crippen molar-refractivity contribution in [3.05, 3.63) is 58.2 Å². The normalized spacial score (nSPS) is 11.2. The number of nitrogens with zero attached hydrogens (tertiary/aromatic N) is 1. The van der Waals surface area contributed by atoms with Crippen LogP contribution in [0.1, 0.15) is 21.7 Å². The van der Waals surface area contributed by atoms with Crippen molar-refractivity contribution >= 4 is 16.2 Å². The standard InChI is InChI=1S/C17H18NS/c1-11-5-7-15(8-6-11)16-9-17-18(10-12(16)2)13(3)14(4)19-17/h5-10H,1-4H3/q+1. The van der Waals surface area contributed by atoms with E-state index in [1.165, 1.54) is 37.7 Å². The third kappa shape index (κ3) is 2.06. The molecule has 0 saturated carbocycles. The number of rotatable bonds is 1. The van der Waals surface area contributed by atoms with Crippen LogP contribution in [0.4, 0.5) is 0 Å². The molecule has 0 bridgehead atoms. The summed E-state index contributed by atoms with van der Waals surface area (Å²) in [5, 5.41) is 0. The molecule has 2 heteroatoms. The molecule has 0 fully saturated rings. The SMILES string of the molecule is Cc1ccc(-c2cc3sc(C)c(C)[n+]3cc2C)cc1. The fraction of sp³-hybridized carbons (Fsp3) is 0.235. The lowest BCUT2D eigenvalue weighted by Crippen LogP contribution is -2.22. The van der Waals surface area contributed by atoms with Crippen molar-refractivity contribution in [1.82, 2.24) is 0 Å². The lowest BCUT2D eigenvalue weighted by Gasteiger charge is -2.04. The van der Waals surface area contributed by atoms with Crippen molar-refractivity contribution in [3.8, 4) is 11.1 Å². The number of pyridine rings is 1. The Balaban J connectivity index is 2.24. The zero-order valence-electron chi connectivity index (χ0n) is 11.8. The summed E-state index contributed by atoms with van der Waals surface area (Å²) >= 11 is 1.86. The molecule has 3 rings (SSSR count). The molecule has 0 aliphatic carbocycles. The Kier molecular flexibility index (Phi) is 2.90. The molecule has 0 radical (unpaired) electrons. The van der Waals surface area contributed by atoms with Gasteiger partial charge in [0.15, 0.2) is 11.9 Å². The molecule has 96 valence electrons. The highest BCUT2D eigenvalue weighted by Gasteiger charge is 2.16. The van der Waals surface area contributed by atoms with Crippen LogP contribution >= 0.6 is 11.3 Å². The first-order valence-corrected chi connectivity index (χ1v) is 7.37. The minimum atomic E-state index is 1.30. The summed E-state index contributed by atoms with van der Waals surface area (Å²) in [5.41, 5.74) is 6.61. The van der Waals surface area contributed by atoms with E-state index in [2.05, 4.69) is 68.6 Å². The molecule has 2 heterocycles. The summed E-state index contributed by atoms with van der Waals surface area (Å²) in [6.45, 7) is 8.69. The van der Waals surface area contributed by atoms with Gasteiger partial charge in [0.05, 0.1) is 4.88 Å². The van der Waals surface area contributed by atoms with Crippen LogP contribution in [0.5, 0.6) is 0 Å². The Morgan fingerprint density at radius 3 is 2.32 bits per heavy atom. The van der Waals surface area contributed by atoms with E-state index in [-0.39, 0.29) is 0 Å². The topological polar surface area (TPSA) is 4.10 Å². The van der Waals surface area contributed by atoms with Crippen LogP contribution in [0.15, 0.2) is 36.5 Å². The third-order valence-electron chi connectivity index (χ3n) is 3.74. The van der Waals surface area contributed by atoms with E-state index < -0.39 is 0 Å². The van der Waals surface area contributed by atoms with Gasteiger partial charge in [0.25, 0.3) is 4.83 Å². The molecule has 0 saturated heterocycles. The molecule has 0 aliphatic rings. The Bertz CT molecular complexity index is 751. The molecule has 19 heavy (non-hydrogen) atoms. The largest absolute Gasteiger partial charge is 0.268 e. The Hall–Kier alpha value is -1.67. The minimum absolute atomic E-state index is 1.30. The Morgan fingerprint density at radius 1 is 0.947 bits per heavy atom. The van der Waals surface area contributed by atoms with Gasteiger partial charge in [-0.2, -0.15) is 4.40 Å².